The smallest absolute Gasteiger partial charge is 0.472 e. The van der Waals surface area contributed by atoms with E-state index in [1.165, 1.54) is 7.11 Å². The lowest BCUT2D eigenvalue weighted by atomic mass is 10.3. The second-order valence-corrected chi connectivity index (χ2v) is 4.51. The third kappa shape index (κ3) is 2.56. The molecule has 1 unspecified atom stereocenters. The van der Waals surface area contributed by atoms with Gasteiger partial charge in [0.05, 0.1) is 7.11 Å². The molecule has 11 heteroatoms. The van der Waals surface area contributed by atoms with Crippen LogP contribution in [0.4, 0.5) is 23.1 Å². The van der Waals surface area contributed by atoms with E-state index in [1.54, 1.807) is 0 Å². The number of hydrogen-bond acceptors (Lipinski definition) is 6. The van der Waals surface area contributed by atoms with E-state index in [4.69, 9.17) is 4.74 Å². The van der Waals surface area contributed by atoms with Crippen LogP contribution in [-0.2, 0) is 0 Å². The quantitative estimate of drug-likeness (QED) is 0.825. The molecule has 2 heterocycles. The van der Waals surface area contributed by atoms with Crippen LogP contribution in [0.2, 0.25) is 0 Å². The summed E-state index contributed by atoms with van der Waals surface area (Å²) in [6, 6.07) is -1.38. The molecule has 19 heavy (non-hydrogen) atoms. The number of amides is 2. The molecular formula is C8H9F3N4O3S. The Morgan fingerprint density at radius 3 is 2.68 bits per heavy atom. The van der Waals surface area contributed by atoms with Crippen LogP contribution in [0.25, 0.3) is 0 Å². The topological polar surface area (TPSA) is 78.8 Å². The Hall–Kier alpha value is -1.62. The molecule has 0 saturated carbocycles. The fourth-order valence-corrected chi connectivity index (χ4v) is 2.25. The fraction of sp³-hybridized carbons (Fsp3) is 0.625. The number of ether oxygens (including phenoxy) is 1. The number of carbonyl (C=O) groups excluding carboxylic acids is 1. The number of halogens is 3. The minimum absolute atomic E-state index is 0.0825. The molecule has 2 rings (SSSR count). The average molecular weight is 298 g/mol. The zero-order valence-electron chi connectivity index (χ0n) is 9.59. The van der Waals surface area contributed by atoms with Crippen LogP contribution in [0.1, 0.15) is 6.42 Å². The molecule has 0 radical (unpaired) electrons. The summed E-state index contributed by atoms with van der Waals surface area (Å²) < 4.78 is 42.6. The van der Waals surface area contributed by atoms with Crippen LogP contribution >= 0.6 is 11.3 Å². The van der Waals surface area contributed by atoms with Crippen molar-refractivity contribution in [2.24, 2.45) is 0 Å². The maximum absolute atomic E-state index is 12.6. The molecule has 2 amide bonds. The first-order chi connectivity index (χ1) is 8.84. The van der Waals surface area contributed by atoms with Gasteiger partial charge in [-0.3, -0.25) is 0 Å². The summed E-state index contributed by atoms with van der Waals surface area (Å²) in [6.45, 7) is -0.601. The molecule has 0 aliphatic carbocycles. The van der Waals surface area contributed by atoms with Crippen LogP contribution in [0.5, 0.6) is 5.19 Å². The van der Waals surface area contributed by atoms with Crippen molar-refractivity contribution in [3.8, 4) is 5.19 Å². The van der Waals surface area contributed by atoms with Crippen LogP contribution < -0.4 is 9.64 Å². The van der Waals surface area contributed by atoms with Gasteiger partial charge >= 0.3 is 12.3 Å². The first-order valence-corrected chi connectivity index (χ1v) is 5.89. The standard InChI is InChI=1S/C8H9F3N4O3S/c1-18-6-13-12-5(19-6)15-4(16)2-3-14(7(15)17)8(9,10)11/h4,16H,2-3H2,1H3. The summed E-state index contributed by atoms with van der Waals surface area (Å²) in [6.07, 6.45) is -6.42. The first-order valence-electron chi connectivity index (χ1n) is 5.07. The third-order valence-corrected chi connectivity index (χ3v) is 3.31. The third-order valence-electron chi connectivity index (χ3n) is 2.43. The van der Waals surface area contributed by atoms with Gasteiger partial charge < -0.3 is 9.84 Å². The largest absolute Gasteiger partial charge is 0.488 e. The van der Waals surface area contributed by atoms with Gasteiger partial charge in [-0.2, -0.15) is 0 Å². The SMILES string of the molecule is COc1nnc(N2C(=O)N(C(F)(F)F)CCC2O)s1. The maximum atomic E-state index is 12.6. The molecule has 1 aromatic rings. The average Bonchev–Trinajstić information content (AvgIpc) is 2.75. The number of nitrogens with zero attached hydrogens (tertiary/aromatic N) is 4. The second-order valence-electron chi connectivity index (χ2n) is 3.60. The van der Waals surface area contributed by atoms with Crippen molar-refractivity contribution in [1.29, 1.82) is 0 Å². The highest BCUT2D eigenvalue weighted by Gasteiger charge is 2.48. The van der Waals surface area contributed by atoms with Crippen molar-refractivity contribution in [2.45, 2.75) is 18.9 Å². The van der Waals surface area contributed by atoms with Crippen molar-refractivity contribution in [3.05, 3.63) is 0 Å². The lowest BCUT2D eigenvalue weighted by molar-refractivity contribution is -0.227. The van der Waals surface area contributed by atoms with E-state index in [0.29, 0.717) is 4.90 Å². The maximum Gasteiger partial charge on any atom is 0.488 e. The van der Waals surface area contributed by atoms with Crippen LogP contribution in [-0.4, -0.2) is 52.4 Å². The van der Waals surface area contributed by atoms with E-state index >= 15 is 0 Å². The molecule has 1 fully saturated rings. The summed E-state index contributed by atoms with van der Waals surface area (Å²) in [5.74, 6) is 0. The normalized spacial score (nSPS) is 20.9. The van der Waals surface area contributed by atoms with E-state index in [2.05, 4.69) is 10.2 Å². The van der Waals surface area contributed by atoms with Gasteiger partial charge in [0.25, 0.3) is 5.19 Å². The number of aliphatic hydroxyl groups excluding tert-OH is 1. The summed E-state index contributed by atoms with van der Waals surface area (Å²) >= 11 is 0.766. The number of anilines is 1. The second kappa shape index (κ2) is 4.81. The first kappa shape index (κ1) is 13.8. The number of rotatable bonds is 2. The van der Waals surface area contributed by atoms with Crippen LogP contribution in [0.3, 0.4) is 0 Å². The Morgan fingerprint density at radius 2 is 2.16 bits per heavy atom. The minimum Gasteiger partial charge on any atom is -0.472 e. The van der Waals surface area contributed by atoms with Crippen molar-refractivity contribution < 1.29 is 27.8 Å². The minimum atomic E-state index is -4.80. The molecule has 106 valence electrons. The Balaban J connectivity index is 2.29. The van der Waals surface area contributed by atoms with Gasteiger partial charge in [0, 0.05) is 13.0 Å². The highest BCUT2D eigenvalue weighted by atomic mass is 32.1. The van der Waals surface area contributed by atoms with Gasteiger partial charge in [-0.1, -0.05) is 5.10 Å². The van der Waals surface area contributed by atoms with Gasteiger partial charge in [0.1, 0.15) is 6.23 Å². The molecule has 1 aliphatic heterocycles. The molecule has 7 nitrogen and oxygen atoms in total. The molecular weight excluding hydrogens is 289 g/mol. The lowest BCUT2D eigenvalue weighted by Gasteiger charge is -2.37. The van der Waals surface area contributed by atoms with Gasteiger partial charge in [-0.25, -0.2) is 14.6 Å². The Morgan fingerprint density at radius 1 is 1.47 bits per heavy atom. The van der Waals surface area contributed by atoms with E-state index in [0.717, 1.165) is 11.3 Å². The number of aromatic nitrogens is 2. The molecule has 0 aromatic carbocycles. The highest BCUT2D eigenvalue weighted by Crippen LogP contribution is 2.33. The molecule has 0 spiro atoms. The summed E-state index contributed by atoms with van der Waals surface area (Å²) in [4.78, 5) is 12.0. The molecule has 1 aromatic heterocycles. The van der Waals surface area contributed by atoms with E-state index in [9.17, 15) is 23.1 Å². The Labute approximate surface area is 109 Å². The number of alkyl halides is 3. The molecule has 1 atom stereocenters. The molecule has 1 N–H and O–H groups in total. The van der Waals surface area contributed by atoms with E-state index < -0.39 is 25.1 Å². The predicted octanol–water partition coefficient (Wildman–Crippen LogP) is 1.02. The number of hydrogen-bond donors (Lipinski definition) is 1. The Bertz CT molecular complexity index is 480. The molecule has 1 aliphatic rings. The number of carbonyl (C=O) groups is 1. The van der Waals surface area contributed by atoms with Crippen LogP contribution in [0, 0.1) is 0 Å². The fourth-order valence-electron chi connectivity index (χ4n) is 1.55. The predicted molar refractivity (Wildman–Crippen MR) is 57.7 cm³/mol. The van der Waals surface area contributed by atoms with E-state index in [1.807, 2.05) is 0 Å². The highest BCUT2D eigenvalue weighted by molar-refractivity contribution is 7.17. The van der Waals surface area contributed by atoms with Gasteiger partial charge in [0.15, 0.2) is 0 Å². The zero-order chi connectivity index (χ0) is 14.2. The van der Waals surface area contributed by atoms with Crippen molar-refractivity contribution in [2.75, 3.05) is 18.6 Å². The van der Waals surface area contributed by atoms with Crippen molar-refractivity contribution in [1.82, 2.24) is 15.1 Å². The summed E-state index contributed by atoms with van der Waals surface area (Å²) in [5.41, 5.74) is 0. The molecule has 1 saturated heterocycles. The molecule has 0 bridgehead atoms. The monoisotopic (exact) mass is 298 g/mol. The Kier molecular flexibility index (Phi) is 3.49. The number of urea groups is 1. The van der Waals surface area contributed by atoms with Gasteiger partial charge in [-0.15, -0.1) is 18.3 Å². The number of aliphatic hydroxyl groups is 1. The van der Waals surface area contributed by atoms with Gasteiger partial charge in [-0.05, 0) is 11.3 Å². The van der Waals surface area contributed by atoms with Crippen LogP contribution in [0.15, 0.2) is 0 Å². The van der Waals surface area contributed by atoms with Crippen molar-refractivity contribution in [3.63, 3.8) is 0 Å². The summed E-state index contributed by atoms with van der Waals surface area (Å²) in [7, 11) is 1.31. The van der Waals surface area contributed by atoms with Gasteiger partial charge in [0.2, 0.25) is 5.13 Å². The summed E-state index contributed by atoms with van der Waals surface area (Å²) in [5, 5.41) is 16.6. The number of methoxy groups -OCH3 is 1. The van der Waals surface area contributed by atoms with Crippen molar-refractivity contribution >= 4 is 22.5 Å². The zero-order valence-corrected chi connectivity index (χ0v) is 10.4. The van der Waals surface area contributed by atoms with E-state index in [-0.39, 0.29) is 21.6 Å². The lowest BCUT2D eigenvalue weighted by Crippen LogP contribution is -2.58.